The summed E-state index contributed by atoms with van der Waals surface area (Å²) in [4.78, 5) is 29.6. The van der Waals surface area contributed by atoms with E-state index in [-0.39, 0.29) is 11.9 Å². The first kappa shape index (κ1) is 27.2. The molecule has 3 aliphatic rings. The van der Waals surface area contributed by atoms with Crippen LogP contribution in [0.3, 0.4) is 0 Å². The van der Waals surface area contributed by atoms with E-state index in [9.17, 15) is 4.79 Å². The third kappa shape index (κ3) is 7.80. The standard InChI is InChI=1S/C27H46N6O2/c1-3-5-7-8-10-13-20-19-21-15-16-23-24(25(34)35-18-12-11-17-30-26(28)29)22(14-9-6-4-2)32-27(31-20)33(21)23/h20-21H,3-19H2,1-2H3,(H4,28,29,30)/t20-,21+/m0/s1. The number of guanidine groups is 2. The Bertz CT molecular complexity index is 828. The Morgan fingerprint density at radius 3 is 2.60 bits per heavy atom. The lowest BCUT2D eigenvalue weighted by atomic mass is 9.97. The van der Waals surface area contributed by atoms with E-state index in [0.29, 0.717) is 30.8 Å². The van der Waals surface area contributed by atoms with Gasteiger partial charge in [0.15, 0.2) is 5.96 Å². The summed E-state index contributed by atoms with van der Waals surface area (Å²) >= 11 is 0. The van der Waals surface area contributed by atoms with Crippen LogP contribution in [-0.4, -0.2) is 53.7 Å². The van der Waals surface area contributed by atoms with Crippen LogP contribution in [0.25, 0.3) is 0 Å². The minimum Gasteiger partial charge on any atom is -0.462 e. The molecule has 0 aliphatic carbocycles. The zero-order valence-corrected chi connectivity index (χ0v) is 21.9. The average Bonchev–Trinajstić information content (AvgIpc) is 3.25. The third-order valence-corrected chi connectivity index (χ3v) is 7.18. The van der Waals surface area contributed by atoms with Crippen LogP contribution in [0.4, 0.5) is 0 Å². The number of allylic oxidation sites excluding steroid dienone is 1. The van der Waals surface area contributed by atoms with Crippen molar-refractivity contribution in [1.29, 1.82) is 0 Å². The van der Waals surface area contributed by atoms with Crippen molar-refractivity contribution in [2.24, 2.45) is 26.4 Å². The average molecular weight is 487 g/mol. The van der Waals surface area contributed by atoms with Crippen molar-refractivity contribution < 1.29 is 9.53 Å². The molecule has 1 fully saturated rings. The number of aliphatic imine (C=N–C) groups is 3. The SMILES string of the molecule is CCCCCCC[C@H]1C[C@H]2CCC3=C(C(=O)OCCCCN=C(N)N)C(CCCCC)=NC(=N1)N32. The molecule has 196 valence electrons. The van der Waals surface area contributed by atoms with Gasteiger partial charge in [0.25, 0.3) is 0 Å². The maximum Gasteiger partial charge on any atom is 0.341 e. The maximum absolute atomic E-state index is 13.2. The van der Waals surface area contributed by atoms with Gasteiger partial charge in [-0.2, -0.15) is 0 Å². The van der Waals surface area contributed by atoms with E-state index >= 15 is 0 Å². The lowest BCUT2D eigenvalue weighted by Crippen LogP contribution is -2.44. The molecule has 0 bridgehead atoms. The second kappa shape index (κ2) is 14.2. The molecule has 2 atom stereocenters. The Kier molecular flexibility index (Phi) is 11.1. The molecule has 0 amide bonds. The fraction of sp³-hybridized carbons (Fsp3) is 0.778. The summed E-state index contributed by atoms with van der Waals surface area (Å²) in [5, 5.41) is 0. The van der Waals surface area contributed by atoms with Gasteiger partial charge in [0.1, 0.15) is 5.57 Å². The van der Waals surface area contributed by atoms with Crippen molar-refractivity contribution in [2.75, 3.05) is 13.2 Å². The molecular formula is C27H46N6O2. The molecule has 0 aromatic heterocycles. The molecule has 0 spiro atoms. The molecule has 0 radical (unpaired) electrons. The van der Waals surface area contributed by atoms with Crippen LogP contribution in [0, 0.1) is 0 Å². The third-order valence-electron chi connectivity index (χ3n) is 7.18. The number of esters is 1. The highest BCUT2D eigenvalue weighted by Crippen LogP contribution is 2.40. The van der Waals surface area contributed by atoms with Gasteiger partial charge in [0.05, 0.1) is 18.4 Å². The molecule has 1 saturated heterocycles. The van der Waals surface area contributed by atoms with Crippen molar-refractivity contribution in [3.63, 3.8) is 0 Å². The van der Waals surface area contributed by atoms with E-state index in [1.807, 2.05) is 0 Å². The van der Waals surface area contributed by atoms with Crippen LogP contribution in [-0.2, 0) is 9.53 Å². The molecule has 8 nitrogen and oxygen atoms in total. The summed E-state index contributed by atoms with van der Waals surface area (Å²) < 4.78 is 5.71. The summed E-state index contributed by atoms with van der Waals surface area (Å²) in [5.41, 5.74) is 13.4. The minimum atomic E-state index is -0.241. The predicted octanol–water partition coefficient (Wildman–Crippen LogP) is 4.83. The molecule has 0 saturated carbocycles. The van der Waals surface area contributed by atoms with Gasteiger partial charge >= 0.3 is 5.97 Å². The minimum absolute atomic E-state index is 0.0950. The van der Waals surface area contributed by atoms with Crippen LogP contribution in [0.15, 0.2) is 26.2 Å². The number of nitrogens with two attached hydrogens (primary N) is 2. The van der Waals surface area contributed by atoms with Crippen molar-refractivity contribution in [1.82, 2.24) is 4.90 Å². The monoisotopic (exact) mass is 486 g/mol. The quantitative estimate of drug-likeness (QED) is 0.140. The number of ether oxygens (including phenoxy) is 1. The first-order valence-corrected chi connectivity index (χ1v) is 14.0. The topological polar surface area (TPSA) is 119 Å². The molecule has 0 unspecified atom stereocenters. The lowest BCUT2D eigenvalue weighted by Gasteiger charge is -2.37. The summed E-state index contributed by atoms with van der Waals surface area (Å²) in [6, 6.07) is 0.757. The number of hydrogen-bond acceptors (Lipinski definition) is 6. The largest absolute Gasteiger partial charge is 0.462 e. The van der Waals surface area contributed by atoms with Crippen LogP contribution >= 0.6 is 0 Å². The summed E-state index contributed by atoms with van der Waals surface area (Å²) in [7, 11) is 0. The summed E-state index contributed by atoms with van der Waals surface area (Å²) in [6.45, 7) is 5.36. The molecule has 3 rings (SSSR count). The van der Waals surface area contributed by atoms with Gasteiger partial charge in [-0.05, 0) is 51.4 Å². The molecule has 8 heteroatoms. The number of rotatable bonds is 16. The van der Waals surface area contributed by atoms with Gasteiger partial charge < -0.3 is 21.1 Å². The zero-order valence-electron chi connectivity index (χ0n) is 21.9. The number of unbranched alkanes of at least 4 members (excludes halogenated alkanes) is 7. The first-order chi connectivity index (χ1) is 17.0. The van der Waals surface area contributed by atoms with Crippen LogP contribution in [0.1, 0.15) is 110 Å². The maximum atomic E-state index is 13.2. The van der Waals surface area contributed by atoms with E-state index in [1.165, 1.54) is 32.1 Å². The number of carbonyl (C=O) groups excluding carboxylic acids is 1. The Hall–Kier alpha value is -2.38. The molecule has 4 N–H and O–H groups in total. The second-order valence-corrected chi connectivity index (χ2v) is 10.1. The Morgan fingerprint density at radius 1 is 1.06 bits per heavy atom. The molecule has 3 heterocycles. The molecule has 0 aromatic rings. The van der Waals surface area contributed by atoms with Crippen molar-refractivity contribution in [3.05, 3.63) is 11.3 Å². The Labute approximate surface area is 211 Å². The predicted molar refractivity (Wildman–Crippen MR) is 144 cm³/mol. The van der Waals surface area contributed by atoms with E-state index in [2.05, 4.69) is 23.7 Å². The lowest BCUT2D eigenvalue weighted by molar-refractivity contribution is -0.138. The summed E-state index contributed by atoms with van der Waals surface area (Å²) in [6.07, 6.45) is 16.2. The molecule has 35 heavy (non-hydrogen) atoms. The van der Waals surface area contributed by atoms with Crippen molar-refractivity contribution in [2.45, 2.75) is 122 Å². The van der Waals surface area contributed by atoms with Gasteiger partial charge in [-0.1, -0.05) is 58.8 Å². The molecular weight excluding hydrogens is 440 g/mol. The zero-order chi connectivity index (χ0) is 25.0. The van der Waals surface area contributed by atoms with Crippen LogP contribution < -0.4 is 11.5 Å². The summed E-state index contributed by atoms with van der Waals surface area (Å²) in [5.74, 6) is 0.694. The molecule has 3 aliphatic heterocycles. The van der Waals surface area contributed by atoms with Gasteiger partial charge in [-0.25, -0.2) is 14.8 Å². The van der Waals surface area contributed by atoms with Crippen molar-refractivity contribution >= 4 is 23.6 Å². The van der Waals surface area contributed by atoms with E-state index in [1.54, 1.807) is 0 Å². The van der Waals surface area contributed by atoms with Gasteiger partial charge in [0.2, 0.25) is 5.96 Å². The van der Waals surface area contributed by atoms with Gasteiger partial charge in [-0.15, -0.1) is 0 Å². The van der Waals surface area contributed by atoms with E-state index < -0.39 is 0 Å². The van der Waals surface area contributed by atoms with E-state index in [4.69, 9.17) is 26.2 Å². The highest BCUT2D eigenvalue weighted by atomic mass is 16.5. The fourth-order valence-corrected chi connectivity index (χ4v) is 5.33. The molecule has 0 aromatic carbocycles. The first-order valence-electron chi connectivity index (χ1n) is 14.0. The fourth-order valence-electron chi connectivity index (χ4n) is 5.33. The Morgan fingerprint density at radius 2 is 1.83 bits per heavy atom. The van der Waals surface area contributed by atoms with E-state index in [0.717, 1.165) is 81.6 Å². The highest BCUT2D eigenvalue weighted by Gasteiger charge is 2.43. The smallest absolute Gasteiger partial charge is 0.341 e. The Balaban J connectivity index is 1.68. The normalized spacial score (nSPS) is 20.9. The second-order valence-electron chi connectivity index (χ2n) is 10.1. The van der Waals surface area contributed by atoms with Crippen molar-refractivity contribution in [3.8, 4) is 0 Å². The number of nitrogens with zero attached hydrogens (tertiary/aromatic N) is 4. The van der Waals surface area contributed by atoms with Crippen LogP contribution in [0.5, 0.6) is 0 Å². The van der Waals surface area contributed by atoms with Gasteiger partial charge in [0, 0.05) is 18.3 Å². The van der Waals surface area contributed by atoms with Crippen LogP contribution in [0.2, 0.25) is 0 Å². The number of hydrogen-bond donors (Lipinski definition) is 2. The highest BCUT2D eigenvalue weighted by molar-refractivity contribution is 6.24. The van der Waals surface area contributed by atoms with Gasteiger partial charge in [-0.3, -0.25) is 4.99 Å². The number of carbonyl (C=O) groups is 1.